The number of aromatic nitrogens is 2. The molecule has 3 aromatic carbocycles. The molecule has 1 N–H and O–H groups in total. The Kier molecular flexibility index (Phi) is 6.71. The molecule has 1 amide bonds. The molecule has 180 valence electrons. The Morgan fingerprint density at radius 2 is 1.71 bits per heavy atom. The fourth-order valence-corrected chi connectivity index (χ4v) is 4.57. The van der Waals surface area contributed by atoms with Crippen molar-refractivity contribution in [3.8, 4) is 5.69 Å². The van der Waals surface area contributed by atoms with Gasteiger partial charge in [-0.05, 0) is 62.2 Å². The Morgan fingerprint density at radius 1 is 1.03 bits per heavy atom. The Hall–Kier alpha value is -3.59. The maximum atomic E-state index is 13.5. The molecular weight excluding hydrogens is 475 g/mol. The average Bonchev–Trinajstić information content (AvgIpc) is 2.81. The second-order valence-corrected chi connectivity index (χ2v) is 9.44. The number of alkyl halides is 3. The first kappa shape index (κ1) is 24.5. The molecule has 0 saturated carbocycles. The van der Waals surface area contributed by atoms with Crippen molar-refractivity contribution < 1.29 is 18.0 Å². The van der Waals surface area contributed by atoms with Gasteiger partial charge in [0.2, 0.25) is 5.91 Å². The molecule has 5 nitrogen and oxygen atoms in total. The van der Waals surface area contributed by atoms with Crippen LogP contribution in [0, 0.1) is 13.8 Å². The summed E-state index contributed by atoms with van der Waals surface area (Å²) in [6, 6.07) is 17.4. The van der Waals surface area contributed by atoms with Crippen molar-refractivity contribution >= 4 is 34.3 Å². The zero-order chi connectivity index (χ0) is 25.3. The number of anilines is 1. The molecule has 4 aromatic rings. The van der Waals surface area contributed by atoms with Gasteiger partial charge in [-0.1, -0.05) is 48.2 Å². The summed E-state index contributed by atoms with van der Waals surface area (Å²) >= 11 is 1.01. The molecule has 0 bridgehead atoms. The number of hydrogen-bond donors (Lipinski definition) is 1. The molecule has 1 aromatic heterocycles. The van der Waals surface area contributed by atoms with Gasteiger partial charge in [0.15, 0.2) is 5.16 Å². The van der Waals surface area contributed by atoms with E-state index in [0.717, 1.165) is 29.0 Å². The minimum Gasteiger partial charge on any atom is -0.325 e. The highest BCUT2D eigenvalue weighted by atomic mass is 32.2. The lowest BCUT2D eigenvalue weighted by Crippen LogP contribution is -2.27. The van der Waals surface area contributed by atoms with Crippen LogP contribution in [0.5, 0.6) is 0 Å². The molecule has 0 radical (unpaired) electrons. The molecule has 1 unspecified atom stereocenters. The maximum absolute atomic E-state index is 13.5. The van der Waals surface area contributed by atoms with Gasteiger partial charge in [-0.3, -0.25) is 14.2 Å². The Balaban J connectivity index is 1.75. The van der Waals surface area contributed by atoms with E-state index in [0.29, 0.717) is 16.6 Å². The Labute approximate surface area is 204 Å². The van der Waals surface area contributed by atoms with E-state index in [1.807, 2.05) is 32.0 Å². The number of carbonyl (C=O) groups excluding carboxylic acids is 1. The van der Waals surface area contributed by atoms with Crippen molar-refractivity contribution in [3.63, 3.8) is 0 Å². The number of halogens is 3. The molecule has 1 atom stereocenters. The maximum Gasteiger partial charge on any atom is 0.418 e. The van der Waals surface area contributed by atoms with Crippen LogP contribution >= 0.6 is 11.8 Å². The summed E-state index contributed by atoms with van der Waals surface area (Å²) in [5, 5.41) is 2.22. The number of benzene rings is 3. The van der Waals surface area contributed by atoms with Crippen LogP contribution in [0.25, 0.3) is 16.6 Å². The summed E-state index contributed by atoms with van der Waals surface area (Å²) in [5.41, 5.74) is 1.34. The van der Waals surface area contributed by atoms with Gasteiger partial charge in [0.25, 0.3) is 5.56 Å². The summed E-state index contributed by atoms with van der Waals surface area (Å²) < 4.78 is 41.5. The highest BCUT2D eigenvalue weighted by Crippen LogP contribution is 2.35. The van der Waals surface area contributed by atoms with E-state index < -0.39 is 22.9 Å². The Morgan fingerprint density at radius 3 is 2.46 bits per heavy atom. The molecule has 1 heterocycles. The predicted molar refractivity (Wildman–Crippen MR) is 132 cm³/mol. The summed E-state index contributed by atoms with van der Waals surface area (Å²) in [6.07, 6.45) is -4.61. The van der Waals surface area contributed by atoms with Gasteiger partial charge in [-0.2, -0.15) is 13.2 Å². The van der Waals surface area contributed by atoms with E-state index in [1.54, 1.807) is 31.2 Å². The van der Waals surface area contributed by atoms with Crippen LogP contribution in [0.15, 0.2) is 76.7 Å². The van der Waals surface area contributed by atoms with Crippen molar-refractivity contribution in [2.75, 3.05) is 5.32 Å². The normalized spacial score (nSPS) is 12.5. The minimum absolute atomic E-state index is 0.272. The molecule has 0 fully saturated rings. The molecule has 35 heavy (non-hydrogen) atoms. The quantitative estimate of drug-likeness (QED) is 0.266. The topological polar surface area (TPSA) is 64.0 Å². The average molecular weight is 498 g/mol. The number of fused-ring (bicyclic) bond motifs is 1. The SMILES string of the molecule is Cc1ccc(C)c(-n2c(SC(C)C(=O)Nc3ccccc3C(F)(F)F)nc3ccccc3c2=O)c1. The lowest BCUT2D eigenvalue weighted by molar-refractivity contribution is -0.137. The van der Waals surface area contributed by atoms with Crippen LogP contribution < -0.4 is 10.9 Å². The zero-order valence-corrected chi connectivity index (χ0v) is 20.0. The van der Waals surface area contributed by atoms with Crippen molar-refractivity contribution in [1.82, 2.24) is 9.55 Å². The summed E-state index contributed by atoms with van der Waals surface area (Å²) in [4.78, 5) is 31.0. The van der Waals surface area contributed by atoms with Crippen molar-refractivity contribution in [2.24, 2.45) is 0 Å². The first-order chi connectivity index (χ1) is 16.6. The van der Waals surface area contributed by atoms with E-state index in [9.17, 15) is 22.8 Å². The van der Waals surface area contributed by atoms with Crippen LogP contribution in [0.3, 0.4) is 0 Å². The van der Waals surface area contributed by atoms with Gasteiger partial charge in [0, 0.05) is 0 Å². The smallest absolute Gasteiger partial charge is 0.325 e. The van der Waals surface area contributed by atoms with Gasteiger partial charge >= 0.3 is 6.18 Å². The number of thioether (sulfide) groups is 1. The van der Waals surface area contributed by atoms with Gasteiger partial charge in [0.1, 0.15) is 0 Å². The van der Waals surface area contributed by atoms with Gasteiger partial charge in [-0.25, -0.2) is 4.98 Å². The van der Waals surface area contributed by atoms with Crippen LogP contribution in [0.2, 0.25) is 0 Å². The highest BCUT2D eigenvalue weighted by molar-refractivity contribution is 8.00. The third-order valence-electron chi connectivity index (χ3n) is 5.49. The molecule has 0 saturated heterocycles. The number of rotatable bonds is 5. The molecular formula is C26H22F3N3O2S. The van der Waals surface area contributed by atoms with Crippen molar-refractivity contribution in [2.45, 2.75) is 37.4 Å². The third-order valence-corrected chi connectivity index (χ3v) is 6.54. The van der Waals surface area contributed by atoms with E-state index in [2.05, 4.69) is 10.3 Å². The summed E-state index contributed by atoms with van der Waals surface area (Å²) in [5.74, 6) is -0.637. The first-order valence-electron chi connectivity index (χ1n) is 10.8. The van der Waals surface area contributed by atoms with Crippen LogP contribution in [0.1, 0.15) is 23.6 Å². The number of amides is 1. The highest BCUT2D eigenvalue weighted by Gasteiger charge is 2.34. The van der Waals surface area contributed by atoms with Gasteiger partial charge < -0.3 is 5.32 Å². The summed E-state index contributed by atoms with van der Waals surface area (Å²) in [6.45, 7) is 5.34. The number of aryl methyl sites for hydroxylation is 2. The van der Waals surface area contributed by atoms with Gasteiger partial charge in [-0.15, -0.1) is 0 Å². The lowest BCUT2D eigenvalue weighted by Gasteiger charge is -2.19. The number of carbonyl (C=O) groups is 1. The number of nitrogens with one attached hydrogen (secondary N) is 1. The van der Waals surface area contributed by atoms with E-state index in [1.165, 1.54) is 22.8 Å². The predicted octanol–water partition coefficient (Wildman–Crippen LogP) is 6.14. The summed E-state index contributed by atoms with van der Waals surface area (Å²) in [7, 11) is 0. The number of hydrogen-bond acceptors (Lipinski definition) is 4. The van der Waals surface area contributed by atoms with Crippen LogP contribution in [-0.2, 0) is 11.0 Å². The third kappa shape index (κ3) is 5.09. The lowest BCUT2D eigenvalue weighted by atomic mass is 10.1. The molecule has 0 spiro atoms. The van der Waals surface area contributed by atoms with Crippen molar-refractivity contribution in [1.29, 1.82) is 0 Å². The molecule has 0 aliphatic carbocycles. The van der Waals surface area contributed by atoms with Crippen LogP contribution in [-0.4, -0.2) is 20.7 Å². The van der Waals surface area contributed by atoms with Crippen LogP contribution in [0.4, 0.5) is 18.9 Å². The number of para-hydroxylation sites is 2. The van der Waals surface area contributed by atoms with E-state index in [-0.39, 0.29) is 16.4 Å². The Bertz CT molecular complexity index is 1480. The second kappa shape index (κ2) is 9.58. The first-order valence-corrected chi connectivity index (χ1v) is 11.7. The number of nitrogens with zero attached hydrogens (tertiary/aromatic N) is 2. The fraction of sp³-hybridized carbons (Fsp3) is 0.192. The molecule has 0 aliphatic rings. The monoisotopic (exact) mass is 497 g/mol. The molecule has 9 heteroatoms. The zero-order valence-electron chi connectivity index (χ0n) is 19.2. The largest absolute Gasteiger partial charge is 0.418 e. The molecule has 4 rings (SSSR count). The van der Waals surface area contributed by atoms with E-state index >= 15 is 0 Å². The van der Waals surface area contributed by atoms with E-state index in [4.69, 9.17) is 0 Å². The standard InChI is InChI=1S/C26H22F3N3O2S/c1-15-12-13-16(2)22(14-15)32-24(34)18-8-4-6-10-20(18)31-25(32)35-17(3)23(33)30-21-11-7-5-9-19(21)26(27,28)29/h4-14,17H,1-3H3,(H,30,33). The van der Waals surface area contributed by atoms with Crippen molar-refractivity contribution in [3.05, 3.63) is 93.8 Å². The molecule has 0 aliphatic heterocycles. The fourth-order valence-electron chi connectivity index (χ4n) is 3.65. The minimum atomic E-state index is -4.61. The van der Waals surface area contributed by atoms with Gasteiger partial charge in [0.05, 0.1) is 33.1 Å². The second-order valence-electron chi connectivity index (χ2n) is 8.13.